The van der Waals surface area contributed by atoms with Crippen LogP contribution in [0.1, 0.15) is 19.4 Å². The first-order chi connectivity index (χ1) is 8.55. The second-order valence-electron chi connectivity index (χ2n) is 4.63. The molecule has 18 heavy (non-hydrogen) atoms. The summed E-state index contributed by atoms with van der Waals surface area (Å²) >= 11 is 0. The summed E-state index contributed by atoms with van der Waals surface area (Å²) in [6, 6.07) is 7.48. The van der Waals surface area contributed by atoms with E-state index in [1.807, 2.05) is 38.1 Å². The molecule has 1 fully saturated rings. The van der Waals surface area contributed by atoms with Crippen molar-refractivity contribution in [2.24, 2.45) is 5.73 Å². The van der Waals surface area contributed by atoms with Crippen LogP contribution in [-0.2, 0) is 10.3 Å². The highest BCUT2D eigenvalue weighted by Crippen LogP contribution is 2.29. The Morgan fingerprint density at radius 1 is 1.44 bits per heavy atom. The highest BCUT2D eigenvalue weighted by Gasteiger charge is 2.40. The highest BCUT2D eigenvalue weighted by atomic mass is 16.6. The lowest BCUT2D eigenvalue weighted by Gasteiger charge is -2.25. The zero-order valence-electron chi connectivity index (χ0n) is 10.6. The molecule has 1 aliphatic rings. The number of cyclic esters (lactones) is 1. The van der Waals surface area contributed by atoms with Gasteiger partial charge in [0.25, 0.3) is 0 Å². The number of carbonyl (C=O) groups excluding carboxylic acids is 1. The Morgan fingerprint density at radius 2 is 2.11 bits per heavy atom. The van der Waals surface area contributed by atoms with Gasteiger partial charge in [0, 0.05) is 6.54 Å². The Labute approximate surface area is 106 Å². The molecule has 98 valence electrons. The third-order valence-electron chi connectivity index (χ3n) is 2.89. The molecule has 1 aromatic carbocycles. The van der Waals surface area contributed by atoms with E-state index in [4.69, 9.17) is 15.2 Å². The Morgan fingerprint density at radius 3 is 2.56 bits per heavy atom. The number of hydrogen-bond acceptors (Lipinski definition) is 4. The standard InChI is InChI=1S/C13H18N2O3/c1-9(2)17-11-5-3-10(4-6-11)13(7-14)8-15-12(16)18-13/h3-6,9H,7-8,14H2,1-2H3,(H,15,16). The van der Waals surface area contributed by atoms with Crippen LogP contribution >= 0.6 is 0 Å². The lowest BCUT2D eigenvalue weighted by atomic mass is 9.94. The molecule has 1 saturated heterocycles. The molecular weight excluding hydrogens is 232 g/mol. The average molecular weight is 250 g/mol. The van der Waals surface area contributed by atoms with E-state index < -0.39 is 11.7 Å². The number of rotatable bonds is 4. The van der Waals surface area contributed by atoms with Crippen LogP contribution in [0.2, 0.25) is 0 Å². The van der Waals surface area contributed by atoms with Crippen LogP contribution in [0.25, 0.3) is 0 Å². The van der Waals surface area contributed by atoms with Crippen LogP contribution < -0.4 is 15.8 Å². The minimum absolute atomic E-state index is 0.130. The SMILES string of the molecule is CC(C)Oc1ccc(C2(CN)CNC(=O)O2)cc1. The molecule has 1 unspecified atom stereocenters. The van der Waals surface area contributed by atoms with Crippen LogP contribution in [0.3, 0.4) is 0 Å². The van der Waals surface area contributed by atoms with Crippen molar-refractivity contribution in [3.63, 3.8) is 0 Å². The monoisotopic (exact) mass is 250 g/mol. The fraction of sp³-hybridized carbons (Fsp3) is 0.462. The summed E-state index contributed by atoms with van der Waals surface area (Å²) < 4.78 is 10.9. The van der Waals surface area contributed by atoms with Gasteiger partial charge in [-0.1, -0.05) is 12.1 Å². The maximum Gasteiger partial charge on any atom is 0.408 e. The number of hydrogen-bond donors (Lipinski definition) is 2. The Balaban J connectivity index is 2.20. The van der Waals surface area contributed by atoms with Crippen molar-refractivity contribution in [1.29, 1.82) is 0 Å². The zero-order valence-corrected chi connectivity index (χ0v) is 10.6. The molecule has 1 aliphatic heterocycles. The van der Waals surface area contributed by atoms with Crippen LogP contribution in [0.4, 0.5) is 4.79 Å². The second kappa shape index (κ2) is 4.86. The molecule has 1 amide bonds. The number of carbonyl (C=O) groups is 1. The van der Waals surface area contributed by atoms with Crippen LogP contribution in [0, 0.1) is 0 Å². The Kier molecular flexibility index (Phi) is 3.43. The number of benzene rings is 1. The molecule has 5 heteroatoms. The molecule has 2 rings (SSSR count). The number of nitrogens with two attached hydrogens (primary N) is 1. The van der Waals surface area contributed by atoms with Gasteiger partial charge in [0.15, 0.2) is 5.60 Å². The summed E-state index contributed by atoms with van der Waals surface area (Å²) in [5, 5.41) is 2.63. The normalized spacial score (nSPS) is 22.8. The lowest BCUT2D eigenvalue weighted by Crippen LogP contribution is -2.38. The van der Waals surface area contributed by atoms with Gasteiger partial charge >= 0.3 is 6.09 Å². The molecule has 0 aromatic heterocycles. The van der Waals surface area contributed by atoms with E-state index in [0.717, 1.165) is 11.3 Å². The highest BCUT2D eigenvalue weighted by molar-refractivity contribution is 5.70. The van der Waals surface area contributed by atoms with Crippen molar-refractivity contribution < 1.29 is 14.3 Å². The first-order valence-electron chi connectivity index (χ1n) is 6.00. The Bertz CT molecular complexity index is 430. The van der Waals surface area contributed by atoms with E-state index in [9.17, 15) is 4.79 Å². The van der Waals surface area contributed by atoms with Gasteiger partial charge in [0.05, 0.1) is 12.6 Å². The van der Waals surface area contributed by atoms with Crippen molar-refractivity contribution in [2.45, 2.75) is 25.6 Å². The summed E-state index contributed by atoms with van der Waals surface area (Å²) in [4.78, 5) is 11.2. The fourth-order valence-electron chi connectivity index (χ4n) is 1.97. The van der Waals surface area contributed by atoms with E-state index in [1.54, 1.807) is 0 Å². The van der Waals surface area contributed by atoms with E-state index in [-0.39, 0.29) is 12.6 Å². The second-order valence-corrected chi connectivity index (χ2v) is 4.63. The van der Waals surface area contributed by atoms with E-state index in [2.05, 4.69) is 5.32 Å². The lowest BCUT2D eigenvalue weighted by molar-refractivity contribution is 0.0616. The molecule has 0 saturated carbocycles. The summed E-state index contributed by atoms with van der Waals surface area (Å²) in [6.07, 6.45) is -0.298. The minimum atomic E-state index is -0.757. The first kappa shape index (κ1) is 12.7. The smallest absolute Gasteiger partial charge is 0.408 e. The predicted molar refractivity (Wildman–Crippen MR) is 67.4 cm³/mol. The summed E-state index contributed by atoms with van der Waals surface area (Å²) in [5.41, 5.74) is 5.85. The van der Waals surface area contributed by atoms with Gasteiger partial charge < -0.3 is 20.5 Å². The summed E-state index contributed by atoms with van der Waals surface area (Å²) in [6.45, 7) is 4.58. The van der Waals surface area contributed by atoms with Gasteiger partial charge in [-0.25, -0.2) is 4.79 Å². The van der Waals surface area contributed by atoms with Crippen LogP contribution in [-0.4, -0.2) is 25.3 Å². The molecule has 3 N–H and O–H groups in total. The summed E-state index contributed by atoms with van der Waals surface area (Å²) in [5.74, 6) is 0.790. The quantitative estimate of drug-likeness (QED) is 0.846. The first-order valence-corrected chi connectivity index (χ1v) is 6.00. The minimum Gasteiger partial charge on any atom is -0.491 e. The zero-order chi connectivity index (χ0) is 13.2. The molecule has 5 nitrogen and oxygen atoms in total. The number of alkyl carbamates (subject to hydrolysis) is 1. The van der Waals surface area contributed by atoms with Gasteiger partial charge in [0.2, 0.25) is 0 Å². The molecule has 0 bridgehead atoms. The maximum absolute atomic E-state index is 11.2. The number of ether oxygens (including phenoxy) is 2. The van der Waals surface area contributed by atoms with Gasteiger partial charge in [-0.2, -0.15) is 0 Å². The van der Waals surface area contributed by atoms with Crippen molar-refractivity contribution in [3.05, 3.63) is 29.8 Å². The van der Waals surface area contributed by atoms with Crippen molar-refractivity contribution in [3.8, 4) is 5.75 Å². The third-order valence-corrected chi connectivity index (χ3v) is 2.89. The largest absolute Gasteiger partial charge is 0.491 e. The molecule has 1 atom stereocenters. The molecule has 0 radical (unpaired) electrons. The van der Waals surface area contributed by atoms with Crippen molar-refractivity contribution in [1.82, 2.24) is 5.32 Å². The van der Waals surface area contributed by atoms with Gasteiger partial charge in [-0.15, -0.1) is 0 Å². The number of amides is 1. The topological polar surface area (TPSA) is 73.6 Å². The van der Waals surface area contributed by atoms with E-state index >= 15 is 0 Å². The van der Waals surface area contributed by atoms with E-state index in [1.165, 1.54) is 0 Å². The van der Waals surface area contributed by atoms with Crippen LogP contribution in [0.5, 0.6) is 5.75 Å². The molecule has 0 spiro atoms. The Hall–Kier alpha value is -1.75. The van der Waals surface area contributed by atoms with Gasteiger partial charge in [0.1, 0.15) is 5.75 Å². The van der Waals surface area contributed by atoms with Gasteiger partial charge in [-0.3, -0.25) is 0 Å². The fourth-order valence-corrected chi connectivity index (χ4v) is 1.97. The number of nitrogens with one attached hydrogen (secondary N) is 1. The average Bonchev–Trinajstić information content (AvgIpc) is 2.72. The summed E-state index contributed by atoms with van der Waals surface area (Å²) in [7, 11) is 0. The molecular formula is C13H18N2O3. The van der Waals surface area contributed by atoms with E-state index in [0.29, 0.717) is 6.54 Å². The molecule has 1 aromatic rings. The van der Waals surface area contributed by atoms with Crippen molar-refractivity contribution >= 4 is 6.09 Å². The van der Waals surface area contributed by atoms with Crippen molar-refractivity contribution in [2.75, 3.05) is 13.1 Å². The van der Waals surface area contributed by atoms with Crippen LogP contribution in [0.15, 0.2) is 24.3 Å². The van der Waals surface area contributed by atoms with Gasteiger partial charge in [-0.05, 0) is 31.5 Å². The maximum atomic E-state index is 11.2. The predicted octanol–water partition coefficient (Wildman–Crippen LogP) is 1.37. The molecule has 0 aliphatic carbocycles. The molecule has 1 heterocycles. The third kappa shape index (κ3) is 2.41.